The molecular formula is C9H13ClO. The van der Waals surface area contributed by atoms with Crippen LogP contribution in [0.25, 0.3) is 0 Å². The van der Waals surface area contributed by atoms with Crippen LogP contribution in [0.5, 0.6) is 0 Å². The summed E-state index contributed by atoms with van der Waals surface area (Å²) in [5.41, 5.74) is 0. The second-order valence-electron chi connectivity index (χ2n) is 3.93. The largest absolute Gasteiger partial charge is 0.281 e. The molecule has 1 atom stereocenters. The lowest BCUT2D eigenvalue weighted by molar-refractivity contribution is -0.119. The minimum Gasteiger partial charge on any atom is -0.281 e. The number of rotatable bonds is 1. The third-order valence-electron chi connectivity index (χ3n) is 3.34. The molecule has 2 bridgehead atoms. The molecule has 1 nitrogen and oxygen atoms in total. The van der Waals surface area contributed by atoms with E-state index in [1.165, 1.54) is 25.7 Å². The molecule has 0 heterocycles. The maximum atomic E-state index is 11.0. The van der Waals surface area contributed by atoms with Crippen molar-refractivity contribution in [2.24, 2.45) is 17.8 Å². The van der Waals surface area contributed by atoms with E-state index in [0.29, 0.717) is 5.92 Å². The zero-order chi connectivity index (χ0) is 7.84. The van der Waals surface area contributed by atoms with Crippen molar-refractivity contribution >= 4 is 16.8 Å². The molecule has 0 spiro atoms. The Morgan fingerprint density at radius 1 is 1.18 bits per heavy atom. The van der Waals surface area contributed by atoms with Gasteiger partial charge in [-0.3, -0.25) is 4.79 Å². The van der Waals surface area contributed by atoms with E-state index in [4.69, 9.17) is 11.6 Å². The van der Waals surface area contributed by atoms with Crippen LogP contribution in [0.4, 0.5) is 0 Å². The fourth-order valence-electron chi connectivity index (χ4n) is 2.66. The predicted molar refractivity (Wildman–Crippen MR) is 44.4 cm³/mol. The van der Waals surface area contributed by atoms with Crippen LogP contribution in [-0.4, -0.2) is 5.24 Å². The number of carbonyl (C=O) groups is 1. The first-order valence-electron chi connectivity index (χ1n) is 4.46. The standard InChI is InChI=1S/C9H13ClO/c10-9(11)8-5-6-1-3-7(8)4-2-6/h6-8H,1-5H2. The molecule has 3 aliphatic carbocycles. The van der Waals surface area contributed by atoms with Crippen LogP contribution in [-0.2, 0) is 4.79 Å². The van der Waals surface area contributed by atoms with Crippen molar-refractivity contribution < 1.29 is 4.79 Å². The van der Waals surface area contributed by atoms with Crippen molar-refractivity contribution in [2.45, 2.75) is 32.1 Å². The first-order chi connectivity index (χ1) is 5.27. The van der Waals surface area contributed by atoms with Gasteiger partial charge >= 0.3 is 0 Å². The summed E-state index contributed by atoms with van der Waals surface area (Å²) in [7, 11) is 0. The van der Waals surface area contributed by atoms with Gasteiger partial charge in [0.25, 0.3) is 0 Å². The van der Waals surface area contributed by atoms with Crippen LogP contribution in [0.1, 0.15) is 32.1 Å². The van der Waals surface area contributed by atoms with E-state index in [9.17, 15) is 4.79 Å². The average molecular weight is 173 g/mol. The summed E-state index contributed by atoms with van der Waals surface area (Å²) in [6.45, 7) is 0. The number of carbonyl (C=O) groups excluding carboxylic acids is 1. The normalized spacial score (nSPS) is 42.5. The molecule has 1 unspecified atom stereocenters. The summed E-state index contributed by atoms with van der Waals surface area (Å²) in [6.07, 6.45) is 6.24. The molecule has 3 saturated carbocycles. The lowest BCUT2D eigenvalue weighted by Gasteiger charge is -2.40. The SMILES string of the molecule is O=C(Cl)C1CC2CCC1CC2. The third-order valence-corrected chi connectivity index (χ3v) is 3.62. The van der Waals surface area contributed by atoms with Crippen LogP contribution in [0.15, 0.2) is 0 Å². The Kier molecular flexibility index (Phi) is 1.92. The van der Waals surface area contributed by atoms with Gasteiger partial charge in [0.1, 0.15) is 0 Å². The lowest BCUT2D eigenvalue weighted by Crippen LogP contribution is -2.34. The molecule has 62 valence electrons. The minimum atomic E-state index is -0.0839. The highest BCUT2D eigenvalue weighted by Gasteiger charge is 2.38. The highest BCUT2D eigenvalue weighted by atomic mass is 35.5. The molecule has 0 radical (unpaired) electrons. The molecule has 3 rings (SSSR count). The van der Waals surface area contributed by atoms with E-state index in [1.54, 1.807) is 0 Å². The van der Waals surface area contributed by atoms with Crippen molar-refractivity contribution in [2.75, 3.05) is 0 Å². The zero-order valence-electron chi connectivity index (χ0n) is 6.55. The first kappa shape index (κ1) is 7.60. The van der Waals surface area contributed by atoms with Gasteiger partial charge in [0.15, 0.2) is 0 Å². The molecule has 0 aliphatic heterocycles. The van der Waals surface area contributed by atoms with E-state index in [-0.39, 0.29) is 11.2 Å². The van der Waals surface area contributed by atoms with Gasteiger partial charge in [-0.1, -0.05) is 12.8 Å². The van der Waals surface area contributed by atoms with Gasteiger partial charge in [-0.05, 0) is 42.7 Å². The molecule has 3 aliphatic rings. The highest BCUT2D eigenvalue weighted by molar-refractivity contribution is 6.64. The summed E-state index contributed by atoms with van der Waals surface area (Å²) in [5.74, 6) is 1.65. The first-order valence-corrected chi connectivity index (χ1v) is 4.84. The lowest BCUT2D eigenvalue weighted by atomic mass is 9.65. The number of hydrogen-bond donors (Lipinski definition) is 0. The molecule has 0 saturated heterocycles. The molecule has 2 heteroatoms. The Morgan fingerprint density at radius 2 is 1.82 bits per heavy atom. The van der Waals surface area contributed by atoms with Crippen molar-refractivity contribution in [1.29, 1.82) is 0 Å². The minimum absolute atomic E-state index is 0.0839. The van der Waals surface area contributed by atoms with Gasteiger partial charge in [0.05, 0.1) is 0 Å². The van der Waals surface area contributed by atoms with Gasteiger partial charge < -0.3 is 0 Å². The second-order valence-corrected chi connectivity index (χ2v) is 4.30. The fourth-order valence-corrected chi connectivity index (χ4v) is 2.92. The van der Waals surface area contributed by atoms with Crippen LogP contribution in [0, 0.1) is 17.8 Å². The van der Waals surface area contributed by atoms with Gasteiger partial charge in [0, 0.05) is 5.92 Å². The fraction of sp³-hybridized carbons (Fsp3) is 0.889. The smallest absolute Gasteiger partial charge is 0.225 e. The maximum Gasteiger partial charge on any atom is 0.225 e. The molecule has 0 aromatic rings. The Morgan fingerprint density at radius 3 is 2.09 bits per heavy atom. The Balaban J connectivity index is 2.08. The summed E-state index contributed by atoms with van der Waals surface area (Å²) >= 11 is 5.51. The van der Waals surface area contributed by atoms with Crippen LogP contribution in [0.3, 0.4) is 0 Å². The van der Waals surface area contributed by atoms with Gasteiger partial charge in [-0.25, -0.2) is 0 Å². The number of hydrogen-bond acceptors (Lipinski definition) is 1. The number of fused-ring (bicyclic) bond motifs is 3. The maximum absolute atomic E-state index is 11.0. The van der Waals surface area contributed by atoms with Gasteiger partial charge in [0.2, 0.25) is 5.24 Å². The monoisotopic (exact) mass is 172 g/mol. The van der Waals surface area contributed by atoms with Crippen LogP contribution < -0.4 is 0 Å². The Hall–Kier alpha value is -0.0400. The van der Waals surface area contributed by atoms with Gasteiger partial charge in [-0.15, -0.1) is 0 Å². The highest BCUT2D eigenvalue weighted by Crippen LogP contribution is 2.45. The quantitative estimate of drug-likeness (QED) is 0.556. The Labute approximate surface area is 72.1 Å². The van der Waals surface area contributed by atoms with Gasteiger partial charge in [-0.2, -0.15) is 0 Å². The summed E-state index contributed by atoms with van der Waals surface area (Å²) in [5, 5.41) is -0.0839. The van der Waals surface area contributed by atoms with E-state index >= 15 is 0 Å². The summed E-state index contributed by atoms with van der Waals surface area (Å²) < 4.78 is 0. The predicted octanol–water partition coefficient (Wildman–Crippen LogP) is 2.58. The molecule has 0 aromatic heterocycles. The molecule has 11 heavy (non-hydrogen) atoms. The van der Waals surface area contributed by atoms with Crippen LogP contribution in [0.2, 0.25) is 0 Å². The summed E-state index contributed by atoms with van der Waals surface area (Å²) in [6, 6.07) is 0. The van der Waals surface area contributed by atoms with E-state index in [0.717, 1.165) is 12.3 Å². The molecule has 0 amide bonds. The third kappa shape index (κ3) is 1.31. The summed E-state index contributed by atoms with van der Waals surface area (Å²) in [4.78, 5) is 11.0. The van der Waals surface area contributed by atoms with Crippen molar-refractivity contribution in [1.82, 2.24) is 0 Å². The average Bonchev–Trinajstić information content (AvgIpc) is 2.06. The Bertz CT molecular complexity index is 170. The number of halogens is 1. The molecule has 3 fully saturated rings. The van der Waals surface area contributed by atoms with Crippen molar-refractivity contribution in [3.63, 3.8) is 0 Å². The van der Waals surface area contributed by atoms with E-state index in [2.05, 4.69) is 0 Å². The van der Waals surface area contributed by atoms with Crippen LogP contribution >= 0.6 is 11.6 Å². The van der Waals surface area contributed by atoms with E-state index < -0.39 is 0 Å². The molecular weight excluding hydrogens is 160 g/mol. The zero-order valence-corrected chi connectivity index (χ0v) is 7.31. The molecule has 0 N–H and O–H groups in total. The molecule has 0 aromatic carbocycles. The topological polar surface area (TPSA) is 17.1 Å². The van der Waals surface area contributed by atoms with Crippen molar-refractivity contribution in [3.05, 3.63) is 0 Å². The van der Waals surface area contributed by atoms with E-state index in [1.807, 2.05) is 0 Å². The van der Waals surface area contributed by atoms with Crippen molar-refractivity contribution in [3.8, 4) is 0 Å². The second kappa shape index (κ2) is 2.78.